The minimum Gasteiger partial charge on any atom is -0.486 e. The Bertz CT molecular complexity index is 2440. The van der Waals surface area contributed by atoms with Crippen LogP contribution in [0.5, 0.6) is 17.2 Å². The van der Waals surface area contributed by atoms with Gasteiger partial charge in [-0.15, -0.1) is 0 Å². The van der Waals surface area contributed by atoms with Crippen molar-refractivity contribution in [3.8, 4) is 22.9 Å². The van der Waals surface area contributed by atoms with Gasteiger partial charge in [-0.2, -0.15) is 0 Å². The third-order valence-electron chi connectivity index (χ3n) is 19.0. The molecule has 0 radical (unpaired) electrons. The summed E-state index contributed by atoms with van der Waals surface area (Å²) in [6, 6.07) is 4.37. The molecule has 0 aliphatic carbocycles. The standard InChI is InChI=1S/C75H129N2O13PS/c1-4-6-8-10-12-14-16-18-20-24-28-32-36-40-44-48-54-87-64-58-63(60-74(72(82)83,61-68(80)81)75(85)66(62-78)90-71(70(75)86-3)77-53-52-67(79)76-73(77)84)59-65(69(64)89-56-50-46-42-38-34-30-25-21-19-17-15-13-11-9-7-5-2)88-55-49-45-41-37-33-29-26-22-23-27-31-35-39-43-47-51-57-91-92/h52-53,58-59,66,70-71,78,85H,4-51,54-56,60-62H2,1-3H3,(H,80,81)(H,82,83)(H,76,79,84)/t66-,70+,71-,74?,75-/m1/s1. The first kappa shape index (κ1) is 82.7. The van der Waals surface area contributed by atoms with Crippen molar-refractivity contribution in [2.45, 2.75) is 359 Å². The minimum absolute atomic E-state index is 0.275. The summed E-state index contributed by atoms with van der Waals surface area (Å²) >= 11 is 4.93. The van der Waals surface area contributed by atoms with E-state index in [1.165, 1.54) is 238 Å². The molecule has 1 fully saturated rings. The molecular weight excluding hydrogens is 1200 g/mol. The van der Waals surface area contributed by atoms with Crippen molar-refractivity contribution in [2.24, 2.45) is 5.41 Å². The quantitative estimate of drug-likeness (QED) is 0.0308. The number of methoxy groups -OCH3 is 1. The fraction of sp³-hybridized carbons (Fsp3) is 0.827. The van der Waals surface area contributed by atoms with Gasteiger partial charge in [-0.25, -0.2) is 4.79 Å². The molecule has 2 aromatic rings. The van der Waals surface area contributed by atoms with Crippen molar-refractivity contribution in [3.05, 3.63) is 50.8 Å². The summed E-state index contributed by atoms with van der Waals surface area (Å²) in [7, 11) is 1.18. The van der Waals surface area contributed by atoms with E-state index in [1.807, 2.05) is 0 Å². The van der Waals surface area contributed by atoms with E-state index in [2.05, 4.69) is 24.5 Å². The fourth-order valence-electron chi connectivity index (χ4n) is 13.5. The zero-order valence-electron chi connectivity index (χ0n) is 58.0. The van der Waals surface area contributed by atoms with Crippen molar-refractivity contribution in [2.75, 3.05) is 33.5 Å². The molecule has 1 saturated heterocycles. The molecule has 528 valence electrons. The number of carboxylic acid groups (broad SMARTS) is 2. The van der Waals surface area contributed by atoms with Gasteiger partial charge >= 0.3 is 113 Å². The molecule has 1 aromatic carbocycles. The largest absolute Gasteiger partial charge is 0.486 e. The van der Waals surface area contributed by atoms with Crippen LogP contribution in [0.3, 0.4) is 0 Å². The van der Waals surface area contributed by atoms with Gasteiger partial charge < -0.3 is 44.1 Å². The van der Waals surface area contributed by atoms with Gasteiger partial charge in [0, 0.05) is 19.4 Å². The molecule has 5 atom stereocenters. The van der Waals surface area contributed by atoms with Crippen molar-refractivity contribution in [1.82, 2.24) is 9.55 Å². The number of carboxylic acids is 2. The van der Waals surface area contributed by atoms with Crippen molar-refractivity contribution in [1.29, 1.82) is 0 Å². The van der Waals surface area contributed by atoms with E-state index in [9.17, 15) is 39.6 Å². The Hall–Kier alpha value is -3.49. The predicted octanol–water partition coefficient (Wildman–Crippen LogP) is 19.2. The number of carbonyl (C=O) groups is 2. The molecule has 1 aliphatic rings. The zero-order chi connectivity index (χ0) is 66.6. The molecule has 17 heteroatoms. The van der Waals surface area contributed by atoms with Crippen molar-refractivity contribution >= 4 is 30.6 Å². The Morgan fingerprint density at radius 2 is 0.946 bits per heavy atom. The van der Waals surface area contributed by atoms with Gasteiger partial charge in [0.1, 0.15) is 23.2 Å². The molecule has 15 nitrogen and oxygen atoms in total. The second kappa shape index (κ2) is 53.6. The second-order valence-corrected chi connectivity index (χ2v) is 27.8. The molecule has 0 amide bonds. The van der Waals surface area contributed by atoms with Crippen LogP contribution in [0.4, 0.5) is 0 Å². The number of hydrogen-bond donors (Lipinski definition) is 5. The third kappa shape index (κ3) is 33.5. The molecule has 3 rings (SSSR count). The summed E-state index contributed by atoms with van der Waals surface area (Å²) in [6.45, 7) is 5.49. The van der Waals surface area contributed by atoms with Crippen LogP contribution in [-0.2, 0) is 37.3 Å². The van der Waals surface area contributed by atoms with Gasteiger partial charge in [-0.1, -0.05) is 232 Å². The van der Waals surface area contributed by atoms with E-state index in [4.69, 9.17) is 35.5 Å². The van der Waals surface area contributed by atoms with Crippen molar-refractivity contribution < 1.29 is 53.7 Å². The fourth-order valence-corrected chi connectivity index (χ4v) is 14.0. The van der Waals surface area contributed by atoms with Crippen LogP contribution in [0.1, 0.15) is 340 Å². The van der Waals surface area contributed by atoms with Crippen LogP contribution in [0.15, 0.2) is 34.0 Å². The van der Waals surface area contributed by atoms with Gasteiger partial charge in [0.25, 0.3) is 5.56 Å². The molecule has 1 unspecified atom stereocenters. The molecule has 92 heavy (non-hydrogen) atoms. The number of nitrogens with one attached hydrogen (secondary N) is 1. The average Bonchev–Trinajstić information content (AvgIpc) is 1.48. The number of hydrogen-bond acceptors (Lipinski definition) is 12. The maximum absolute atomic E-state index is 14.1. The van der Waals surface area contributed by atoms with E-state index in [1.54, 1.807) is 12.1 Å². The van der Waals surface area contributed by atoms with E-state index in [0.717, 1.165) is 101 Å². The number of aliphatic carboxylic acids is 2. The summed E-state index contributed by atoms with van der Waals surface area (Å²) in [5.41, 5.74) is -3.63. The third-order valence-corrected chi connectivity index (χ3v) is 19.7. The number of nitrogens with zero attached hydrogens (tertiary/aromatic N) is 1. The number of aliphatic hydroxyl groups is 2. The number of aromatic nitrogens is 2. The second-order valence-electron chi connectivity index (χ2n) is 26.7. The summed E-state index contributed by atoms with van der Waals surface area (Å²) in [6.07, 6.45) is 52.9. The topological polar surface area (TPSA) is 216 Å². The zero-order valence-corrected chi connectivity index (χ0v) is 59.7. The normalized spacial score (nSPS) is 17.0. The van der Waals surface area contributed by atoms with E-state index in [0.29, 0.717) is 37.1 Å². The van der Waals surface area contributed by atoms with Crippen LogP contribution in [0, 0.1) is 11.0 Å². The summed E-state index contributed by atoms with van der Waals surface area (Å²) in [5, 5.41) is 46.1. The van der Waals surface area contributed by atoms with Crippen LogP contribution >= 0.6 is 6.81 Å². The van der Waals surface area contributed by atoms with Crippen LogP contribution < -0.4 is 25.5 Å². The number of ether oxygens (including phenoxy) is 5. The molecular formula is C75H129N2O13PS. The first-order chi connectivity index (χ1) is 44.9. The van der Waals surface area contributed by atoms with E-state index < -0.39 is 72.1 Å². The molecule has 0 spiro atoms. The summed E-state index contributed by atoms with van der Waals surface area (Å²) in [4.78, 5) is 54.7. The molecule has 1 aromatic heterocycles. The van der Waals surface area contributed by atoms with E-state index >= 15 is 0 Å². The Labute approximate surface area is 562 Å². The SMILES string of the molecule is CCCCCCCCCCCCCCCCCCOc1cc(CC(CC(=O)O)(C(=O)O)[C@@]2(O)[C@@H](CO)O[C@@H](n3ccc(=O)[nH]c3=O)[C@@H]2OC)cc(OCCCCCCCCCCCCCCCCCC#P=S)c1OCCCCCCCCCCCCCCCCCC. The number of unbranched alkanes of at least 4 members (excludes halogenated alkanes) is 45. The Kier molecular flexibility index (Phi) is 48.2. The van der Waals surface area contributed by atoms with Crippen LogP contribution in [-0.4, -0.2) is 93.3 Å². The van der Waals surface area contributed by atoms with Crippen LogP contribution in [0.2, 0.25) is 0 Å². The Morgan fingerprint density at radius 1 is 0.587 bits per heavy atom. The number of aliphatic hydroxyl groups excluding tert-OH is 1. The first-order valence-corrected chi connectivity index (χ1v) is 39.2. The summed E-state index contributed by atoms with van der Waals surface area (Å²) in [5.74, 6) is -2.20. The van der Waals surface area contributed by atoms with Gasteiger partial charge in [-0.05, 0) is 43.4 Å². The van der Waals surface area contributed by atoms with E-state index in [-0.39, 0.29) is 5.56 Å². The molecule has 1 aliphatic heterocycles. The molecule has 2 heterocycles. The smallest absolute Gasteiger partial charge is 0.203 e. The van der Waals surface area contributed by atoms with Crippen LogP contribution in [0.25, 0.3) is 0 Å². The number of rotatable bonds is 63. The maximum Gasteiger partial charge on any atom is 0.203 e. The summed E-state index contributed by atoms with van der Waals surface area (Å²) < 4.78 is 32.8. The van der Waals surface area contributed by atoms with Gasteiger partial charge in [0.05, 0.1) is 32.8 Å². The minimum atomic E-state index is -2.79. The first-order valence-electron chi connectivity index (χ1n) is 37.3. The van der Waals surface area contributed by atoms with Crippen molar-refractivity contribution in [3.63, 3.8) is 0 Å². The molecule has 0 saturated carbocycles. The average molecular weight is 1330 g/mol. The maximum atomic E-state index is 14.1. The molecule has 5 N–H and O–H groups in total. The van der Waals surface area contributed by atoms with Gasteiger partial charge in [-0.3, -0.25) is 23.9 Å². The predicted molar refractivity (Wildman–Crippen MR) is 378 cm³/mol. The Morgan fingerprint density at radius 3 is 1.27 bits per heavy atom. The molecule has 0 bridgehead atoms. The van der Waals surface area contributed by atoms with Gasteiger partial charge in [0.2, 0.25) is 5.75 Å². The Balaban J connectivity index is 1.82. The number of aromatic amines is 1. The monoisotopic (exact) mass is 1330 g/mol. The number of benzene rings is 1. The number of H-pyrrole nitrogens is 1. The van der Waals surface area contributed by atoms with Gasteiger partial charge in [0.15, 0.2) is 17.7 Å².